The molecule has 2 aliphatic rings. The number of amides is 1. The second-order valence-corrected chi connectivity index (χ2v) is 6.90. The number of alkyl halides is 3. The van der Waals surface area contributed by atoms with Gasteiger partial charge in [-0.2, -0.15) is 13.2 Å². The lowest BCUT2D eigenvalue weighted by molar-refractivity contribution is -0.192. The van der Waals surface area contributed by atoms with Crippen molar-refractivity contribution in [1.82, 2.24) is 9.80 Å². The van der Waals surface area contributed by atoms with Gasteiger partial charge in [0.2, 0.25) is 0 Å². The van der Waals surface area contributed by atoms with Crippen LogP contribution in [0.25, 0.3) is 0 Å². The molecule has 0 spiro atoms. The fourth-order valence-corrected chi connectivity index (χ4v) is 3.08. The molecule has 0 aliphatic carbocycles. The minimum absolute atomic E-state index is 0.0369. The quantitative estimate of drug-likeness (QED) is 0.722. The Bertz CT molecular complexity index is 761. The monoisotopic (exact) mass is 440 g/mol. The number of fused-ring (bicyclic) bond motifs is 1. The van der Waals surface area contributed by atoms with E-state index in [1.54, 1.807) is 4.90 Å². The van der Waals surface area contributed by atoms with Crippen LogP contribution in [0.1, 0.15) is 0 Å². The van der Waals surface area contributed by atoms with Gasteiger partial charge in [0.05, 0.1) is 12.7 Å². The highest BCUT2D eigenvalue weighted by molar-refractivity contribution is 5.78. The van der Waals surface area contributed by atoms with Gasteiger partial charge in [-0.3, -0.25) is 4.79 Å². The molecular formula is C18H21F5N2O5. The average molecular weight is 440 g/mol. The van der Waals surface area contributed by atoms with E-state index >= 15 is 0 Å². The second-order valence-electron chi connectivity index (χ2n) is 6.90. The normalized spacial score (nSPS) is 21.9. The summed E-state index contributed by atoms with van der Waals surface area (Å²) in [5.74, 6) is -4.26. The Balaban J connectivity index is 0.000000396. The number of hydrogen-bond donors (Lipinski definition) is 1. The third-order valence-electron chi connectivity index (χ3n) is 4.57. The molecule has 2 heterocycles. The molecule has 0 unspecified atom stereocenters. The first-order chi connectivity index (χ1) is 14.0. The van der Waals surface area contributed by atoms with Crippen LogP contribution in [0, 0.1) is 17.6 Å². The number of halogens is 5. The van der Waals surface area contributed by atoms with E-state index in [9.17, 15) is 26.7 Å². The minimum Gasteiger partial charge on any atom is -0.481 e. The van der Waals surface area contributed by atoms with Crippen molar-refractivity contribution in [1.29, 1.82) is 0 Å². The number of hydrogen-bond acceptors (Lipinski definition) is 5. The zero-order valence-electron chi connectivity index (χ0n) is 16.0. The molecule has 0 radical (unpaired) electrons. The first kappa shape index (κ1) is 23.8. The summed E-state index contributed by atoms with van der Waals surface area (Å²) >= 11 is 0. The van der Waals surface area contributed by atoms with Crippen LogP contribution in [0.4, 0.5) is 22.0 Å². The van der Waals surface area contributed by atoms with Gasteiger partial charge in [0.1, 0.15) is 5.82 Å². The van der Waals surface area contributed by atoms with Gasteiger partial charge >= 0.3 is 12.1 Å². The maximum Gasteiger partial charge on any atom is 0.490 e. The molecule has 0 bridgehead atoms. The van der Waals surface area contributed by atoms with E-state index in [-0.39, 0.29) is 30.3 Å². The molecule has 1 aromatic rings. The number of likely N-dealkylation sites (N-methyl/N-ethyl adjacent to an activating group) is 1. The molecule has 1 amide bonds. The average Bonchev–Trinajstić information content (AvgIpc) is 2.96. The Morgan fingerprint density at radius 3 is 2.53 bits per heavy atom. The molecule has 30 heavy (non-hydrogen) atoms. The van der Waals surface area contributed by atoms with Crippen molar-refractivity contribution >= 4 is 11.9 Å². The summed E-state index contributed by atoms with van der Waals surface area (Å²) in [4.78, 5) is 25.0. The van der Waals surface area contributed by atoms with E-state index in [1.165, 1.54) is 0 Å². The number of carboxylic acid groups (broad SMARTS) is 1. The van der Waals surface area contributed by atoms with Crippen molar-refractivity contribution in [2.24, 2.45) is 5.92 Å². The number of likely N-dealkylation sites (tertiary alicyclic amines) is 1. The summed E-state index contributed by atoms with van der Waals surface area (Å²) in [7, 11) is 2.03. The van der Waals surface area contributed by atoms with Crippen LogP contribution in [-0.4, -0.2) is 85.5 Å². The summed E-state index contributed by atoms with van der Waals surface area (Å²) < 4.78 is 69.2. The van der Waals surface area contributed by atoms with Crippen LogP contribution >= 0.6 is 0 Å². The molecule has 2 fully saturated rings. The number of nitrogens with zero attached hydrogens (tertiary/aromatic N) is 2. The summed E-state index contributed by atoms with van der Waals surface area (Å²) in [6.45, 7) is 3.24. The first-order valence-corrected chi connectivity index (χ1v) is 8.93. The Morgan fingerprint density at radius 2 is 1.90 bits per heavy atom. The van der Waals surface area contributed by atoms with E-state index in [1.807, 2.05) is 7.05 Å². The molecule has 7 nitrogen and oxygen atoms in total. The van der Waals surface area contributed by atoms with Gasteiger partial charge in [0, 0.05) is 38.2 Å². The number of carbonyl (C=O) groups is 2. The molecule has 0 aromatic heterocycles. The van der Waals surface area contributed by atoms with Crippen LogP contribution < -0.4 is 4.74 Å². The number of aliphatic carboxylic acids is 1. The molecule has 1 aromatic carbocycles. The summed E-state index contributed by atoms with van der Waals surface area (Å²) in [6.07, 6.45) is -5.05. The smallest absolute Gasteiger partial charge is 0.481 e. The first-order valence-electron chi connectivity index (χ1n) is 8.93. The molecule has 168 valence electrons. The number of carbonyl (C=O) groups excluding carboxylic acids is 1. The van der Waals surface area contributed by atoms with Gasteiger partial charge in [-0.05, 0) is 19.2 Å². The summed E-state index contributed by atoms with van der Waals surface area (Å²) in [6, 6.07) is 2.92. The van der Waals surface area contributed by atoms with Gasteiger partial charge in [-0.25, -0.2) is 13.6 Å². The topological polar surface area (TPSA) is 79.3 Å². The van der Waals surface area contributed by atoms with Crippen molar-refractivity contribution in [2.45, 2.75) is 12.3 Å². The number of rotatable bonds is 3. The lowest BCUT2D eigenvalue weighted by atomic mass is 10.1. The van der Waals surface area contributed by atoms with Gasteiger partial charge in [0.25, 0.3) is 5.91 Å². The minimum atomic E-state index is -5.08. The third kappa shape index (κ3) is 6.80. The Kier molecular flexibility index (Phi) is 7.96. The number of ether oxygens (including phenoxy) is 2. The van der Waals surface area contributed by atoms with Gasteiger partial charge in [0.15, 0.2) is 18.2 Å². The van der Waals surface area contributed by atoms with Crippen LogP contribution in [0.2, 0.25) is 0 Å². The Labute approximate surface area is 168 Å². The molecule has 3 rings (SSSR count). The van der Waals surface area contributed by atoms with E-state index in [4.69, 9.17) is 19.4 Å². The van der Waals surface area contributed by atoms with Crippen molar-refractivity contribution in [2.75, 3.05) is 46.4 Å². The zero-order chi connectivity index (χ0) is 22.5. The fraction of sp³-hybridized carbons (Fsp3) is 0.556. The summed E-state index contributed by atoms with van der Waals surface area (Å²) in [5, 5.41) is 7.12. The van der Waals surface area contributed by atoms with E-state index in [0.717, 1.165) is 31.3 Å². The van der Waals surface area contributed by atoms with E-state index in [0.29, 0.717) is 19.7 Å². The molecular weight excluding hydrogens is 419 g/mol. The van der Waals surface area contributed by atoms with E-state index < -0.39 is 23.8 Å². The number of benzene rings is 1. The Morgan fingerprint density at radius 1 is 1.23 bits per heavy atom. The third-order valence-corrected chi connectivity index (χ3v) is 4.57. The van der Waals surface area contributed by atoms with Crippen molar-refractivity contribution < 1.29 is 46.1 Å². The van der Waals surface area contributed by atoms with Gasteiger partial charge in [-0.1, -0.05) is 0 Å². The predicted molar refractivity (Wildman–Crippen MR) is 92.9 cm³/mol. The molecule has 2 saturated heterocycles. The maximum absolute atomic E-state index is 13.5. The van der Waals surface area contributed by atoms with Crippen molar-refractivity contribution in [3.63, 3.8) is 0 Å². The lowest BCUT2D eigenvalue weighted by Crippen LogP contribution is -2.35. The van der Waals surface area contributed by atoms with E-state index in [2.05, 4.69) is 4.90 Å². The van der Waals surface area contributed by atoms with Crippen molar-refractivity contribution in [3.05, 3.63) is 29.8 Å². The van der Waals surface area contributed by atoms with Crippen molar-refractivity contribution in [3.8, 4) is 5.75 Å². The predicted octanol–water partition coefficient (Wildman–Crippen LogP) is 1.77. The molecule has 12 heteroatoms. The second kappa shape index (κ2) is 10.0. The molecule has 2 aliphatic heterocycles. The molecule has 0 saturated carbocycles. The maximum atomic E-state index is 13.5. The highest BCUT2D eigenvalue weighted by Crippen LogP contribution is 2.24. The Hall–Kier alpha value is -2.47. The lowest BCUT2D eigenvalue weighted by Gasteiger charge is -2.19. The number of carboxylic acids is 1. The highest BCUT2D eigenvalue weighted by atomic mass is 19.4. The van der Waals surface area contributed by atoms with Crippen LogP contribution in [0.5, 0.6) is 5.75 Å². The van der Waals surface area contributed by atoms with Gasteiger partial charge in [-0.15, -0.1) is 0 Å². The standard InChI is InChI=1S/C16H20F2N2O3.C2HF3O2/c1-19-4-5-22-15-9-20(8-11(15)7-19)16(21)10-23-14-6-12(17)2-3-13(14)18;3-2(4,5)1(6)7/h2-3,6,11,15H,4-5,7-10H2,1H3;(H,6,7)/t11-,15+;/m0./s1. The van der Waals surface area contributed by atoms with Crippen LogP contribution in [-0.2, 0) is 14.3 Å². The summed E-state index contributed by atoms with van der Waals surface area (Å²) in [5.41, 5.74) is 0. The molecule has 1 N–H and O–H groups in total. The molecule has 2 atom stereocenters. The zero-order valence-corrected chi connectivity index (χ0v) is 16.0. The van der Waals surface area contributed by atoms with Crippen LogP contribution in [0.3, 0.4) is 0 Å². The van der Waals surface area contributed by atoms with Crippen LogP contribution in [0.15, 0.2) is 18.2 Å². The largest absolute Gasteiger partial charge is 0.490 e. The SMILES string of the molecule is CN1CCO[C@@H]2CN(C(=O)COc3cc(F)ccc3F)C[C@@H]2C1.O=C(O)C(F)(F)F. The fourth-order valence-electron chi connectivity index (χ4n) is 3.08. The highest BCUT2D eigenvalue weighted by Gasteiger charge is 2.38. The van der Waals surface area contributed by atoms with Gasteiger partial charge < -0.3 is 24.4 Å².